The lowest BCUT2D eigenvalue weighted by Crippen LogP contribution is -2.46. The highest BCUT2D eigenvalue weighted by atomic mass is 28.4. The average Bonchev–Trinajstić information content (AvgIpc) is 2.19. The summed E-state index contributed by atoms with van der Waals surface area (Å²) in [5, 5.41) is 9.71. The Labute approximate surface area is 106 Å². The van der Waals surface area contributed by atoms with Gasteiger partial charge in [-0.05, 0) is 51.7 Å². The van der Waals surface area contributed by atoms with Crippen LogP contribution in [0.2, 0.25) is 19.6 Å². The molecule has 0 bridgehead atoms. The molecule has 3 unspecified atom stereocenters. The minimum absolute atomic E-state index is 0.0459. The first-order valence-electron chi connectivity index (χ1n) is 6.60. The zero-order valence-corrected chi connectivity index (χ0v) is 12.7. The molecule has 4 heteroatoms. The van der Waals surface area contributed by atoms with E-state index in [0.29, 0.717) is 6.42 Å². The van der Waals surface area contributed by atoms with E-state index in [0.717, 1.165) is 19.3 Å². The summed E-state index contributed by atoms with van der Waals surface area (Å²) in [7, 11) is -1.82. The Morgan fingerprint density at radius 3 is 2.53 bits per heavy atom. The van der Waals surface area contributed by atoms with Crippen LogP contribution >= 0.6 is 0 Å². The van der Waals surface area contributed by atoms with Gasteiger partial charge in [0.05, 0.1) is 11.5 Å². The van der Waals surface area contributed by atoms with Crippen LogP contribution in [-0.4, -0.2) is 25.5 Å². The number of hydrogen-bond donors (Lipinski definition) is 1. The van der Waals surface area contributed by atoms with Gasteiger partial charge in [-0.15, -0.1) is 0 Å². The smallest absolute Gasteiger partial charge is 0.298 e. The normalized spacial score (nSPS) is 34.5. The summed E-state index contributed by atoms with van der Waals surface area (Å²) in [5.41, 5.74) is -0.395. The zero-order valence-electron chi connectivity index (χ0n) is 11.7. The van der Waals surface area contributed by atoms with Crippen molar-refractivity contribution in [2.45, 2.75) is 65.3 Å². The maximum atomic E-state index is 12.3. The molecule has 3 atom stereocenters. The molecule has 3 nitrogen and oxygen atoms in total. The Balaban J connectivity index is 2.81. The standard InChI is InChI=1S/C13H26O3Si/c1-6-10-9-11(14)7-8-13(10,2)12(15)16-17(3,4)5/h10-11,14H,6-9H2,1-5H3. The molecule has 0 spiro atoms. The number of carbonyl (C=O) groups excluding carboxylic acids is 1. The fourth-order valence-corrected chi connectivity index (χ4v) is 3.45. The molecule has 1 aliphatic carbocycles. The SMILES string of the molecule is CCC1CC(O)CCC1(C)C(=O)O[Si](C)(C)C. The quantitative estimate of drug-likeness (QED) is 0.792. The number of rotatable bonds is 3. The van der Waals surface area contributed by atoms with Crippen LogP contribution in [0.5, 0.6) is 0 Å². The highest BCUT2D eigenvalue weighted by Gasteiger charge is 2.46. The Kier molecular flexibility index (Phi) is 4.41. The topological polar surface area (TPSA) is 46.5 Å². The second-order valence-electron chi connectivity index (χ2n) is 6.45. The third kappa shape index (κ3) is 3.55. The van der Waals surface area contributed by atoms with Gasteiger partial charge in [0, 0.05) is 0 Å². The lowest BCUT2D eigenvalue weighted by atomic mass is 9.65. The molecule has 100 valence electrons. The van der Waals surface area contributed by atoms with Crippen molar-refractivity contribution in [1.29, 1.82) is 0 Å². The third-order valence-electron chi connectivity index (χ3n) is 3.81. The lowest BCUT2D eigenvalue weighted by molar-refractivity contribution is -0.153. The van der Waals surface area contributed by atoms with Gasteiger partial charge in [-0.25, -0.2) is 0 Å². The molecule has 0 aliphatic heterocycles. The predicted molar refractivity (Wildman–Crippen MR) is 71.2 cm³/mol. The summed E-state index contributed by atoms with van der Waals surface area (Å²) < 4.78 is 5.67. The van der Waals surface area contributed by atoms with Crippen LogP contribution in [0.4, 0.5) is 0 Å². The van der Waals surface area contributed by atoms with E-state index in [-0.39, 0.29) is 18.0 Å². The Hall–Kier alpha value is -0.353. The van der Waals surface area contributed by atoms with Crippen molar-refractivity contribution in [2.24, 2.45) is 11.3 Å². The first-order chi connectivity index (χ1) is 7.69. The monoisotopic (exact) mass is 258 g/mol. The van der Waals surface area contributed by atoms with E-state index < -0.39 is 13.7 Å². The fourth-order valence-electron chi connectivity index (χ4n) is 2.66. The van der Waals surface area contributed by atoms with Gasteiger partial charge in [-0.3, -0.25) is 4.79 Å². The Morgan fingerprint density at radius 1 is 1.47 bits per heavy atom. The first-order valence-corrected chi connectivity index (χ1v) is 10.0. The van der Waals surface area contributed by atoms with E-state index in [2.05, 4.69) is 6.92 Å². The molecular weight excluding hydrogens is 232 g/mol. The van der Waals surface area contributed by atoms with E-state index >= 15 is 0 Å². The summed E-state index contributed by atoms with van der Waals surface area (Å²) in [6.07, 6.45) is 2.87. The van der Waals surface area contributed by atoms with Crippen LogP contribution in [-0.2, 0) is 9.22 Å². The van der Waals surface area contributed by atoms with E-state index in [1.807, 2.05) is 26.6 Å². The van der Waals surface area contributed by atoms with Crippen molar-refractivity contribution < 1.29 is 14.3 Å². The minimum atomic E-state index is -1.82. The average molecular weight is 258 g/mol. The minimum Gasteiger partial charge on any atom is -0.519 e. The van der Waals surface area contributed by atoms with Gasteiger partial charge in [0.25, 0.3) is 5.97 Å². The number of aliphatic hydroxyl groups excluding tert-OH is 1. The van der Waals surface area contributed by atoms with Gasteiger partial charge < -0.3 is 9.53 Å². The lowest BCUT2D eigenvalue weighted by Gasteiger charge is -2.42. The first kappa shape index (κ1) is 14.7. The largest absolute Gasteiger partial charge is 0.519 e. The summed E-state index contributed by atoms with van der Waals surface area (Å²) in [5.74, 6) is 0.200. The van der Waals surface area contributed by atoms with E-state index in [9.17, 15) is 9.90 Å². The van der Waals surface area contributed by atoms with E-state index in [4.69, 9.17) is 4.43 Å². The van der Waals surface area contributed by atoms with Gasteiger partial charge in [0.1, 0.15) is 0 Å². The molecule has 1 aliphatic rings. The molecule has 1 fully saturated rings. The molecule has 0 amide bonds. The molecule has 0 aromatic heterocycles. The second-order valence-corrected chi connectivity index (χ2v) is 10.9. The van der Waals surface area contributed by atoms with Crippen LogP contribution < -0.4 is 0 Å². The molecular formula is C13H26O3Si. The molecule has 17 heavy (non-hydrogen) atoms. The van der Waals surface area contributed by atoms with Crippen LogP contribution in [0.1, 0.15) is 39.5 Å². The molecule has 1 N–H and O–H groups in total. The number of hydrogen-bond acceptors (Lipinski definition) is 3. The summed E-state index contributed by atoms with van der Waals surface area (Å²) in [6, 6.07) is 0. The summed E-state index contributed by atoms with van der Waals surface area (Å²) in [6.45, 7) is 10.2. The van der Waals surface area contributed by atoms with E-state index in [1.54, 1.807) is 0 Å². The third-order valence-corrected chi connectivity index (χ3v) is 4.61. The van der Waals surface area contributed by atoms with Crippen molar-refractivity contribution in [3.8, 4) is 0 Å². The van der Waals surface area contributed by atoms with Gasteiger partial charge in [0.15, 0.2) is 0 Å². The summed E-state index contributed by atoms with van der Waals surface area (Å²) >= 11 is 0. The number of aliphatic hydroxyl groups is 1. The molecule has 0 radical (unpaired) electrons. The molecule has 1 saturated carbocycles. The maximum absolute atomic E-state index is 12.3. The van der Waals surface area contributed by atoms with Crippen molar-refractivity contribution >= 4 is 14.3 Å². The van der Waals surface area contributed by atoms with Gasteiger partial charge in [0.2, 0.25) is 8.32 Å². The molecule has 0 aromatic carbocycles. The van der Waals surface area contributed by atoms with Crippen LogP contribution in [0.25, 0.3) is 0 Å². The molecule has 0 aromatic rings. The predicted octanol–water partition coefficient (Wildman–Crippen LogP) is 2.94. The summed E-state index contributed by atoms with van der Waals surface area (Å²) in [4.78, 5) is 12.3. The van der Waals surface area contributed by atoms with Crippen molar-refractivity contribution in [3.05, 3.63) is 0 Å². The van der Waals surface area contributed by atoms with Crippen LogP contribution in [0, 0.1) is 11.3 Å². The maximum Gasteiger partial charge on any atom is 0.298 e. The second kappa shape index (κ2) is 5.10. The van der Waals surface area contributed by atoms with Gasteiger partial charge in [-0.2, -0.15) is 0 Å². The van der Waals surface area contributed by atoms with Crippen molar-refractivity contribution in [3.63, 3.8) is 0 Å². The fraction of sp³-hybridized carbons (Fsp3) is 0.923. The molecule has 0 saturated heterocycles. The van der Waals surface area contributed by atoms with Crippen molar-refractivity contribution in [1.82, 2.24) is 0 Å². The molecule has 1 rings (SSSR count). The highest BCUT2D eigenvalue weighted by Crippen LogP contribution is 2.44. The van der Waals surface area contributed by atoms with Crippen LogP contribution in [0.3, 0.4) is 0 Å². The molecule has 0 heterocycles. The Bertz CT molecular complexity index is 285. The van der Waals surface area contributed by atoms with Gasteiger partial charge >= 0.3 is 0 Å². The van der Waals surface area contributed by atoms with Crippen molar-refractivity contribution in [2.75, 3.05) is 0 Å². The number of carbonyl (C=O) groups is 1. The zero-order chi connectivity index (χ0) is 13.3. The van der Waals surface area contributed by atoms with Gasteiger partial charge in [-0.1, -0.05) is 13.3 Å². The van der Waals surface area contributed by atoms with E-state index in [1.165, 1.54) is 0 Å². The highest BCUT2D eigenvalue weighted by molar-refractivity contribution is 6.71. The Morgan fingerprint density at radius 2 is 2.06 bits per heavy atom. The van der Waals surface area contributed by atoms with Crippen LogP contribution in [0.15, 0.2) is 0 Å².